The number of ether oxygens (including phenoxy) is 1. The van der Waals surface area contributed by atoms with E-state index < -0.39 is 20.0 Å². The van der Waals surface area contributed by atoms with Crippen LogP contribution in [0.3, 0.4) is 0 Å². The fourth-order valence-electron chi connectivity index (χ4n) is 2.45. The number of rotatable bonds is 8. The second kappa shape index (κ2) is 9.94. The van der Waals surface area contributed by atoms with Crippen LogP contribution in [-0.2, 0) is 14.0 Å². The van der Waals surface area contributed by atoms with Crippen molar-refractivity contribution in [3.8, 4) is 0 Å². The maximum absolute atomic E-state index is 12.5. The molecule has 1 unspecified atom stereocenters. The first-order chi connectivity index (χ1) is 13.6. The van der Waals surface area contributed by atoms with Crippen molar-refractivity contribution in [3.05, 3.63) is 35.4 Å². The van der Waals surface area contributed by atoms with E-state index in [2.05, 4.69) is 44.3 Å². The van der Waals surface area contributed by atoms with Crippen molar-refractivity contribution in [2.45, 2.75) is 84.3 Å². The van der Waals surface area contributed by atoms with E-state index in [4.69, 9.17) is 20.1 Å². The second-order valence-corrected chi connectivity index (χ2v) is 15.0. The van der Waals surface area contributed by atoms with Gasteiger partial charge in [-0.15, -0.1) is 0 Å². The number of carbonyl (C=O) groups is 1. The van der Waals surface area contributed by atoms with Gasteiger partial charge in [-0.1, -0.05) is 50.2 Å². The van der Waals surface area contributed by atoms with Crippen molar-refractivity contribution < 1.29 is 19.2 Å². The lowest BCUT2D eigenvalue weighted by Crippen LogP contribution is -2.46. The van der Waals surface area contributed by atoms with Crippen LogP contribution in [0.2, 0.25) is 18.1 Å². The summed E-state index contributed by atoms with van der Waals surface area (Å²) in [5.41, 5.74) is 6.67. The number of oxime groups is 1. The number of benzene rings is 1. The predicted octanol–water partition coefficient (Wildman–Crippen LogP) is 4.16. The molecule has 0 fully saturated rings. The third-order valence-corrected chi connectivity index (χ3v) is 9.85. The molecular formula is C22H39N3O4Si. The Morgan fingerprint density at radius 1 is 1.17 bits per heavy atom. The highest BCUT2D eigenvalue weighted by Crippen LogP contribution is 2.37. The van der Waals surface area contributed by atoms with E-state index in [1.807, 2.05) is 32.9 Å². The Bertz CT molecular complexity index is 734. The highest BCUT2D eigenvalue weighted by Gasteiger charge is 2.38. The van der Waals surface area contributed by atoms with Gasteiger partial charge in [0.1, 0.15) is 11.6 Å². The standard InChI is InChI=1S/C22H39N3O4Si/c1-15(20(26)29-21(2,3)4)24-18(14-28-30(8,9)22(5,6)7)16-10-12-17(13-11-16)19(23)25-27/h10-13,15,18,24,27H,14H2,1-9H3,(H2,23,25)/t15-,18?/m1/s1. The van der Waals surface area contributed by atoms with Crippen LogP contribution in [0.1, 0.15) is 65.6 Å². The summed E-state index contributed by atoms with van der Waals surface area (Å²) in [7, 11) is -1.98. The van der Waals surface area contributed by atoms with Crippen LogP contribution in [0.15, 0.2) is 29.4 Å². The minimum Gasteiger partial charge on any atom is -0.459 e. The van der Waals surface area contributed by atoms with Gasteiger partial charge >= 0.3 is 5.97 Å². The molecule has 0 aliphatic rings. The zero-order chi connectivity index (χ0) is 23.3. The molecule has 0 radical (unpaired) electrons. The van der Waals surface area contributed by atoms with Gasteiger partial charge in [-0.2, -0.15) is 0 Å². The zero-order valence-electron chi connectivity index (χ0n) is 19.9. The highest BCUT2D eigenvalue weighted by atomic mass is 28.4. The average Bonchev–Trinajstić information content (AvgIpc) is 2.62. The molecule has 170 valence electrons. The third kappa shape index (κ3) is 7.74. The van der Waals surface area contributed by atoms with Gasteiger partial charge in [-0.3, -0.25) is 10.1 Å². The van der Waals surface area contributed by atoms with E-state index in [9.17, 15) is 4.79 Å². The van der Waals surface area contributed by atoms with E-state index in [0.717, 1.165) is 5.56 Å². The van der Waals surface area contributed by atoms with E-state index >= 15 is 0 Å². The maximum Gasteiger partial charge on any atom is 0.323 e. The Morgan fingerprint density at radius 3 is 2.13 bits per heavy atom. The first-order valence-corrected chi connectivity index (χ1v) is 13.2. The minimum atomic E-state index is -1.98. The minimum absolute atomic E-state index is 0.0469. The van der Waals surface area contributed by atoms with Crippen molar-refractivity contribution in [2.75, 3.05) is 6.61 Å². The Hall–Kier alpha value is -1.90. The van der Waals surface area contributed by atoms with Crippen molar-refractivity contribution in [1.82, 2.24) is 5.32 Å². The van der Waals surface area contributed by atoms with E-state index in [1.54, 1.807) is 19.1 Å². The van der Waals surface area contributed by atoms with Crippen LogP contribution in [0.25, 0.3) is 0 Å². The molecule has 0 heterocycles. The number of hydrogen-bond donors (Lipinski definition) is 3. The molecule has 0 saturated heterocycles. The quantitative estimate of drug-likeness (QED) is 0.141. The molecule has 2 atom stereocenters. The fraction of sp³-hybridized carbons (Fsp3) is 0.636. The molecule has 7 nitrogen and oxygen atoms in total. The molecule has 0 bridgehead atoms. The Morgan fingerprint density at radius 2 is 1.70 bits per heavy atom. The molecule has 1 rings (SSSR count). The lowest BCUT2D eigenvalue weighted by atomic mass is 10.0. The van der Waals surface area contributed by atoms with E-state index in [-0.39, 0.29) is 22.9 Å². The van der Waals surface area contributed by atoms with Gasteiger partial charge in [0.2, 0.25) is 0 Å². The van der Waals surface area contributed by atoms with Gasteiger partial charge < -0.3 is 20.1 Å². The van der Waals surface area contributed by atoms with Gasteiger partial charge in [0.05, 0.1) is 12.6 Å². The summed E-state index contributed by atoms with van der Waals surface area (Å²) in [6, 6.07) is 6.61. The summed E-state index contributed by atoms with van der Waals surface area (Å²) in [5, 5.41) is 15.3. The molecule has 0 amide bonds. The Kier molecular flexibility index (Phi) is 8.65. The van der Waals surface area contributed by atoms with Gasteiger partial charge in [0.15, 0.2) is 14.2 Å². The van der Waals surface area contributed by atoms with Crippen molar-refractivity contribution >= 4 is 20.1 Å². The number of nitrogens with two attached hydrogens (primary N) is 1. The number of nitrogens with zero attached hydrogens (tertiary/aromatic N) is 1. The molecule has 1 aromatic rings. The highest BCUT2D eigenvalue weighted by molar-refractivity contribution is 6.74. The average molecular weight is 438 g/mol. The summed E-state index contributed by atoms with van der Waals surface area (Å²) < 4.78 is 11.9. The Labute approximate surface area is 182 Å². The molecule has 8 heteroatoms. The van der Waals surface area contributed by atoms with Crippen molar-refractivity contribution in [1.29, 1.82) is 0 Å². The first-order valence-electron chi connectivity index (χ1n) is 10.3. The van der Waals surface area contributed by atoms with E-state index in [0.29, 0.717) is 12.2 Å². The maximum atomic E-state index is 12.5. The van der Waals surface area contributed by atoms with Crippen LogP contribution >= 0.6 is 0 Å². The summed E-state index contributed by atoms with van der Waals surface area (Å²) >= 11 is 0. The largest absolute Gasteiger partial charge is 0.459 e. The van der Waals surface area contributed by atoms with Crippen LogP contribution in [0.4, 0.5) is 0 Å². The normalized spacial score (nSPS) is 15.6. The molecule has 0 saturated carbocycles. The van der Waals surface area contributed by atoms with Crippen LogP contribution in [0.5, 0.6) is 0 Å². The number of esters is 1. The Balaban J connectivity index is 3.08. The van der Waals surface area contributed by atoms with Gasteiger partial charge in [-0.25, -0.2) is 0 Å². The van der Waals surface area contributed by atoms with Crippen molar-refractivity contribution in [3.63, 3.8) is 0 Å². The second-order valence-electron chi connectivity index (χ2n) is 10.2. The van der Waals surface area contributed by atoms with Crippen LogP contribution < -0.4 is 11.1 Å². The molecule has 0 aliphatic carbocycles. The van der Waals surface area contributed by atoms with Gasteiger partial charge in [0, 0.05) is 5.56 Å². The fourth-order valence-corrected chi connectivity index (χ4v) is 3.47. The number of nitrogens with one attached hydrogen (secondary N) is 1. The summed E-state index contributed by atoms with van der Waals surface area (Å²) in [5.74, 6) is -0.265. The lowest BCUT2D eigenvalue weighted by Gasteiger charge is -2.38. The molecule has 4 N–H and O–H groups in total. The molecule has 0 spiro atoms. The SMILES string of the molecule is C[C@@H](NC(CO[Si](C)(C)C(C)(C)C)c1ccc(/C(N)=N\O)cc1)C(=O)OC(C)(C)C. The lowest BCUT2D eigenvalue weighted by molar-refractivity contribution is -0.157. The monoisotopic (exact) mass is 437 g/mol. The van der Waals surface area contributed by atoms with Crippen LogP contribution in [0, 0.1) is 0 Å². The van der Waals surface area contributed by atoms with Gasteiger partial charge in [0.25, 0.3) is 0 Å². The zero-order valence-corrected chi connectivity index (χ0v) is 20.9. The molecular weight excluding hydrogens is 398 g/mol. The summed E-state index contributed by atoms with van der Waals surface area (Å²) in [4.78, 5) is 12.5. The predicted molar refractivity (Wildman–Crippen MR) is 123 cm³/mol. The summed E-state index contributed by atoms with van der Waals surface area (Å²) in [6.45, 7) is 18.7. The smallest absolute Gasteiger partial charge is 0.323 e. The molecule has 0 aliphatic heterocycles. The molecule has 30 heavy (non-hydrogen) atoms. The first kappa shape index (κ1) is 26.1. The third-order valence-electron chi connectivity index (χ3n) is 5.35. The van der Waals surface area contributed by atoms with Gasteiger partial charge in [-0.05, 0) is 51.4 Å². The van der Waals surface area contributed by atoms with Crippen molar-refractivity contribution in [2.24, 2.45) is 10.9 Å². The van der Waals surface area contributed by atoms with Crippen LogP contribution in [-0.4, -0.2) is 43.6 Å². The number of carbonyl (C=O) groups excluding carboxylic acids is 1. The summed E-state index contributed by atoms with van der Waals surface area (Å²) in [6.07, 6.45) is 0. The molecule has 0 aromatic heterocycles. The molecule has 1 aromatic carbocycles. The topological polar surface area (TPSA) is 106 Å². The van der Waals surface area contributed by atoms with E-state index in [1.165, 1.54) is 0 Å². The number of hydrogen-bond acceptors (Lipinski definition) is 6. The number of amidine groups is 1.